The van der Waals surface area contributed by atoms with Gasteiger partial charge in [-0.2, -0.15) is 0 Å². The number of nitrogens with one attached hydrogen (secondary N) is 1. The zero-order chi connectivity index (χ0) is 12.6. The van der Waals surface area contributed by atoms with Crippen molar-refractivity contribution in [2.24, 2.45) is 0 Å². The van der Waals surface area contributed by atoms with Crippen LogP contribution in [0.3, 0.4) is 0 Å². The predicted molar refractivity (Wildman–Crippen MR) is 61.6 cm³/mol. The molecule has 8 heteroatoms. The number of alkyl halides is 2. The molecule has 0 saturated carbocycles. The molecule has 0 spiro atoms. The van der Waals surface area contributed by atoms with Crippen LogP contribution in [0.25, 0.3) is 0 Å². The molecule has 0 amide bonds. The number of hydrogen-bond donors (Lipinski definition) is 2. The lowest BCUT2D eigenvalue weighted by Crippen LogP contribution is -2.35. The van der Waals surface area contributed by atoms with Crippen molar-refractivity contribution in [2.75, 3.05) is 5.88 Å². The Kier molecular flexibility index (Phi) is 3.58. The van der Waals surface area contributed by atoms with Crippen LogP contribution in [-0.4, -0.2) is 38.1 Å². The number of nitrogens with zero attached hydrogens (tertiary/aromatic N) is 1. The SMILES string of the molecule is O=c1ccn([C@@H]2O[C@H](CCl)[C@@H](O)C2Cl)c(=O)[nH]1. The van der Waals surface area contributed by atoms with Crippen molar-refractivity contribution >= 4 is 23.2 Å². The molecular weight excluding hydrogens is 271 g/mol. The van der Waals surface area contributed by atoms with Gasteiger partial charge in [-0.05, 0) is 0 Å². The molecule has 6 nitrogen and oxygen atoms in total. The van der Waals surface area contributed by atoms with Gasteiger partial charge < -0.3 is 9.84 Å². The van der Waals surface area contributed by atoms with E-state index in [1.807, 2.05) is 0 Å². The van der Waals surface area contributed by atoms with Crippen LogP contribution in [0.15, 0.2) is 21.9 Å². The van der Waals surface area contributed by atoms with Crippen LogP contribution in [0.2, 0.25) is 0 Å². The van der Waals surface area contributed by atoms with Crippen molar-refractivity contribution in [3.63, 3.8) is 0 Å². The number of ether oxygens (including phenoxy) is 1. The lowest BCUT2D eigenvalue weighted by atomic mass is 10.2. The van der Waals surface area contributed by atoms with Crippen molar-refractivity contribution in [1.29, 1.82) is 0 Å². The number of rotatable bonds is 2. The van der Waals surface area contributed by atoms with Gasteiger partial charge in [0, 0.05) is 12.3 Å². The summed E-state index contributed by atoms with van der Waals surface area (Å²) in [6.45, 7) is 0. The molecule has 2 rings (SSSR count). The van der Waals surface area contributed by atoms with Crippen LogP contribution in [0.5, 0.6) is 0 Å². The normalized spacial score (nSPS) is 32.9. The van der Waals surface area contributed by atoms with Gasteiger partial charge in [-0.25, -0.2) is 4.79 Å². The van der Waals surface area contributed by atoms with Gasteiger partial charge in [0.1, 0.15) is 17.6 Å². The molecule has 1 aromatic heterocycles. The molecule has 94 valence electrons. The smallest absolute Gasteiger partial charge is 0.330 e. The Hall–Kier alpha value is -0.820. The molecule has 17 heavy (non-hydrogen) atoms. The number of aliphatic hydroxyl groups is 1. The summed E-state index contributed by atoms with van der Waals surface area (Å²) in [7, 11) is 0. The van der Waals surface area contributed by atoms with Gasteiger partial charge in [0.05, 0.1) is 5.88 Å². The molecule has 2 heterocycles. The van der Waals surface area contributed by atoms with E-state index >= 15 is 0 Å². The number of aliphatic hydroxyl groups excluding tert-OH is 1. The number of H-pyrrole nitrogens is 1. The minimum atomic E-state index is -0.960. The highest BCUT2D eigenvalue weighted by atomic mass is 35.5. The third-order valence-corrected chi connectivity index (χ3v) is 3.35. The minimum Gasteiger partial charge on any atom is -0.389 e. The topological polar surface area (TPSA) is 84.3 Å². The highest BCUT2D eigenvalue weighted by molar-refractivity contribution is 6.22. The van der Waals surface area contributed by atoms with Crippen LogP contribution in [0.1, 0.15) is 6.23 Å². The first-order valence-corrected chi connectivity index (χ1v) is 5.86. The first kappa shape index (κ1) is 12.6. The molecule has 1 aromatic rings. The standard InChI is InChI=1S/C9H10Cl2N2O4/c10-3-4-7(15)6(11)8(17-4)13-2-1-5(14)12-9(13)16/h1-2,4,6-8,15H,3H2,(H,12,14,16)/t4-,6?,7-,8-/m1/s1. The van der Waals surface area contributed by atoms with E-state index in [0.29, 0.717) is 0 Å². The zero-order valence-electron chi connectivity index (χ0n) is 8.55. The van der Waals surface area contributed by atoms with Crippen molar-refractivity contribution < 1.29 is 9.84 Å². The average Bonchev–Trinajstić information content (AvgIpc) is 2.57. The largest absolute Gasteiger partial charge is 0.389 e. The van der Waals surface area contributed by atoms with Crippen LogP contribution in [0, 0.1) is 0 Å². The second-order valence-corrected chi connectivity index (χ2v) is 4.48. The quantitative estimate of drug-likeness (QED) is 0.725. The highest BCUT2D eigenvalue weighted by Crippen LogP contribution is 2.32. The average molecular weight is 281 g/mol. The maximum absolute atomic E-state index is 11.5. The van der Waals surface area contributed by atoms with Crippen molar-refractivity contribution in [2.45, 2.75) is 23.8 Å². The fraction of sp³-hybridized carbons (Fsp3) is 0.556. The third kappa shape index (κ3) is 2.26. The van der Waals surface area contributed by atoms with Crippen molar-refractivity contribution in [3.8, 4) is 0 Å². The monoisotopic (exact) mass is 280 g/mol. The van der Waals surface area contributed by atoms with Crippen LogP contribution in [0.4, 0.5) is 0 Å². The van der Waals surface area contributed by atoms with Gasteiger partial charge in [-0.3, -0.25) is 14.3 Å². The summed E-state index contributed by atoms with van der Waals surface area (Å²) >= 11 is 11.6. The van der Waals surface area contributed by atoms with Crippen LogP contribution >= 0.6 is 23.2 Å². The van der Waals surface area contributed by atoms with Gasteiger partial charge >= 0.3 is 5.69 Å². The first-order chi connectivity index (χ1) is 8.04. The minimum absolute atomic E-state index is 0.0684. The lowest BCUT2D eigenvalue weighted by molar-refractivity contribution is -0.00797. The molecule has 4 atom stereocenters. The van der Waals surface area contributed by atoms with E-state index in [-0.39, 0.29) is 5.88 Å². The number of hydrogen-bond acceptors (Lipinski definition) is 4. The maximum Gasteiger partial charge on any atom is 0.330 e. The summed E-state index contributed by atoms with van der Waals surface area (Å²) in [5.74, 6) is 0.0684. The van der Waals surface area contributed by atoms with Gasteiger partial charge in [0.2, 0.25) is 0 Å². The molecule has 1 unspecified atom stereocenters. The van der Waals surface area contributed by atoms with E-state index in [9.17, 15) is 14.7 Å². The van der Waals surface area contributed by atoms with Gasteiger partial charge in [0.25, 0.3) is 5.56 Å². The second kappa shape index (κ2) is 4.81. The van der Waals surface area contributed by atoms with E-state index in [2.05, 4.69) is 4.98 Å². The fourth-order valence-electron chi connectivity index (χ4n) is 1.68. The van der Waals surface area contributed by atoms with E-state index in [1.165, 1.54) is 12.3 Å². The van der Waals surface area contributed by atoms with Crippen LogP contribution < -0.4 is 11.2 Å². The molecular formula is C9H10Cl2N2O4. The Morgan fingerprint density at radius 1 is 1.53 bits per heavy atom. The first-order valence-electron chi connectivity index (χ1n) is 4.89. The Morgan fingerprint density at radius 3 is 2.76 bits per heavy atom. The zero-order valence-corrected chi connectivity index (χ0v) is 10.1. The number of aromatic amines is 1. The Bertz CT molecular complexity index is 514. The Balaban J connectivity index is 2.35. The van der Waals surface area contributed by atoms with Crippen LogP contribution in [-0.2, 0) is 4.74 Å². The van der Waals surface area contributed by atoms with Gasteiger partial charge in [-0.15, -0.1) is 23.2 Å². The molecule has 0 aromatic carbocycles. The predicted octanol–water partition coefficient (Wildman–Crippen LogP) is -0.359. The molecule has 1 aliphatic heterocycles. The van der Waals surface area contributed by atoms with Crippen molar-refractivity contribution in [1.82, 2.24) is 9.55 Å². The Labute approximate surface area is 106 Å². The highest BCUT2D eigenvalue weighted by Gasteiger charge is 2.43. The fourth-order valence-corrected chi connectivity index (χ4v) is 2.28. The summed E-state index contributed by atoms with van der Waals surface area (Å²) < 4.78 is 6.49. The Morgan fingerprint density at radius 2 is 2.24 bits per heavy atom. The lowest BCUT2D eigenvalue weighted by Gasteiger charge is -2.15. The van der Waals surface area contributed by atoms with Gasteiger partial charge in [0.15, 0.2) is 6.23 Å². The summed E-state index contributed by atoms with van der Waals surface area (Å²) in [6.07, 6.45) is -1.18. The molecule has 1 aliphatic rings. The summed E-state index contributed by atoms with van der Waals surface area (Å²) in [6, 6.07) is 1.18. The summed E-state index contributed by atoms with van der Waals surface area (Å²) in [4.78, 5) is 24.5. The molecule has 1 fully saturated rings. The molecule has 0 bridgehead atoms. The van der Waals surface area contributed by atoms with E-state index in [4.69, 9.17) is 27.9 Å². The molecule has 0 radical (unpaired) electrons. The molecule has 0 aliphatic carbocycles. The van der Waals surface area contributed by atoms with Gasteiger partial charge in [-0.1, -0.05) is 0 Å². The maximum atomic E-state index is 11.5. The summed E-state index contributed by atoms with van der Waals surface area (Å²) in [5.41, 5.74) is -1.15. The number of halogens is 2. The third-order valence-electron chi connectivity index (χ3n) is 2.57. The van der Waals surface area contributed by atoms with E-state index in [1.54, 1.807) is 0 Å². The van der Waals surface area contributed by atoms with E-state index in [0.717, 1.165) is 4.57 Å². The molecule has 2 N–H and O–H groups in total. The summed E-state index contributed by atoms with van der Waals surface area (Å²) in [5, 5.41) is 8.90. The van der Waals surface area contributed by atoms with E-state index < -0.39 is 35.1 Å². The second-order valence-electron chi connectivity index (χ2n) is 3.67. The molecule has 1 saturated heterocycles. The number of aromatic nitrogens is 2. The van der Waals surface area contributed by atoms with Crippen molar-refractivity contribution in [3.05, 3.63) is 33.1 Å².